The number of carbonyl (C=O) groups excluding carboxylic acids is 1. The Balaban J connectivity index is 2.11. The van der Waals surface area contributed by atoms with Gasteiger partial charge in [0, 0.05) is 18.5 Å². The van der Waals surface area contributed by atoms with Crippen LogP contribution in [0.4, 0.5) is 0 Å². The van der Waals surface area contributed by atoms with E-state index in [1.807, 2.05) is 51.1 Å². The van der Waals surface area contributed by atoms with Crippen LogP contribution in [0.5, 0.6) is 5.75 Å². The molecule has 0 saturated heterocycles. The van der Waals surface area contributed by atoms with Crippen molar-refractivity contribution in [3.8, 4) is 5.75 Å². The van der Waals surface area contributed by atoms with Crippen molar-refractivity contribution in [3.63, 3.8) is 0 Å². The topological polar surface area (TPSA) is 85.2 Å². The normalized spacial score (nSPS) is 16.9. The van der Waals surface area contributed by atoms with Crippen LogP contribution < -0.4 is 4.74 Å². The second-order valence-electron chi connectivity index (χ2n) is 8.26. The van der Waals surface area contributed by atoms with Crippen LogP contribution in [0.25, 0.3) is 0 Å². The van der Waals surface area contributed by atoms with Gasteiger partial charge in [0.05, 0.1) is 24.7 Å². The molecule has 1 aromatic carbocycles. The van der Waals surface area contributed by atoms with Crippen molar-refractivity contribution in [1.29, 1.82) is 0 Å². The van der Waals surface area contributed by atoms with Crippen molar-refractivity contribution >= 4 is 17.7 Å². The minimum Gasteiger partial charge on any atom is -0.493 e. The molecule has 0 aliphatic heterocycles. The molecule has 0 heterocycles. The summed E-state index contributed by atoms with van der Waals surface area (Å²) < 4.78 is 11.7. The van der Waals surface area contributed by atoms with Gasteiger partial charge in [0.15, 0.2) is 5.78 Å². The van der Waals surface area contributed by atoms with E-state index in [9.17, 15) is 14.7 Å². The lowest BCUT2D eigenvalue weighted by atomic mass is 9.84. The van der Waals surface area contributed by atoms with Crippen molar-refractivity contribution in [3.05, 3.63) is 65.3 Å². The zero-order chi connectivity index (χ0) is 25.1. The van der Waals surface area contributed by atoms with Gasteiger partial charge in [-0.05, 0) is 75.3 Å². The fourth-order valence-corrected chi connectivity index (χ4v) is 4.36. The maximum Gasteiger partial charge on any atom is 0.307 e. The second kappa shape index (κ2) is 13.5. The molecule has 2 atom stereocenters. The third-order valence-corrected chi connectivity index (χ3v) is 6.05. The Morgan fingerprint density at radius 2 is 2.09 bits per heavy atom. The summed E-state index contributed by atoms with van der Waals surface area (Å²) in [6, 6.07) is 3.78. The molecule has 0 fully saturated rings. The summed E-state index contributed by atoms with van der Waals surface area (Å²) in [6.07, 6.45) is 10.2. The number of allylic oxidation sites excluding steroid dienone is 3. The number of hydrogen-bond donors (Lipinski definition) is 1. The van der Waals surface area contributed by atoms with Gasteiger partial charge in [0.1, 0.15) is 5.75 Å². The smallest absolute Gasteiger partial charge is 0.307 e. The maximum absolute atomic E-state index is 12.3. The monoisotopic (exact) mass is 467 g/mol. The summed E-state index contributed by atoms with van der Waals surface area (Å²) in [7, 11) is 0. The molecule has 6 nitrogen and oxygen atoms in total. The Labute approximate surface area is 203 Å². The molecule has 0 radical (unpaired) electrons. The average molecular weight is 468 g/mol. The van der Waals surface area contributed by atoms with Crippen molar-refractivity contribution in [2.75, 3.05) is 19.8 Å². The first-order chi connectivity index (χ1) is 16.4. The number of benzene rings is 1. The number of hydrogen-bond acceptors (Lipinski definition) is 5. The van der Waals surface area contributed by atoms with E-state index in [0.717, 1.165) is 29.5 Å². The van der Waals surface area contributed by atoms with E-state index in [1.165, 1.54) is 6.92 Å². The molecule has 184 valence electrons. The molecule has 0 aromatic heterocycles. The standard InChI is InChI=1S/C28H37NO5/c1-6-10-12-20(7-2)27(33-9-4)29-15-11-16-34-26-17-21-13-14-23(22(8-3)28(31)32)25(21)18-24(26)19(5)30/h6-7,10,12,17-18,22-23H,1,8-9,11,13-16H2,2-5H3,(H,31,32)/b12-10-,20-7+,29-27?. The Bertz CT molecular complexity index is 973. The number of aryl methyl sites for hydroxylation is 1. The summed E-state index contributed by atoms with van der Waals surface area (Å²) in [4.78, 5) is 28.6. The predicted octanol–water partition coefficient (Wildman–Crippen LogP) is 5.92. The van der Waals surface area contributed by atoms with E-state index in [4.69, 9.17) is 9.47 Å². The third-order valence-electron chi connectivity index (χ3n) is 6.05. The summed E-state index contributed by atoms with van der Waals surface area (Å²) in [5.74, 6) is -0.221. The molecule has 0 spiro atoms. The van der Waals surface area contributed by atoms with Crippen LogP contribution in [0, 0.1) is 5.92 Å². The lowest BCUT2D eigenvalue weighted by molar-refractivity contribution is -0.142. The first-order valence-corrected chi connectivity index (χ1v) is 12.0. The van der Waals surface area contributed by atoms with E-state index in [0.29, 0.717) is 49.8 Å². The molecule has 0 bridgehead atoms. The number of ether oxygens (including phenoxy) is 2. The number of carbonyl (C=O) groups is 2. The number of rotatable bonds is 13. The molecule has 6 heteroatoms. The summed E-state index contributed by atoms with van der Waals surface area (Å²) in [6.45, 7) is 12.4. The van der Waals surface area contributed by atoms with Crippen LogP contribution in [0.1, 0.15) is 74.4 Å². The number of ketones is 1. The molecule has 0 amide bonds. The highest BCUT2D eigenvalue weighted by Gasteiger charge is 2.34. The number of carboxylic acids is 1. The van der Waals surface area contributed by atoms with E-state index < -0.39 is 11.9 Å². The zero-order valence-corrected chi connectivity index (χ0v) is 20.8. The minimum absolute atomic E-state index is 0.0630. The van der Waals surface area contributed by atoms with Crippen molar-refractivity contribution < 1.29 is 24.2 Å². The number of carboxylic acid groups (broad SMARTS) is 1. The Kier molecular flexibility index (Phi) is 10.8. The van der Waals surface area contributed by atoms with Crippen LogP contribution in [-0.2, 0) is 16.0 Å². The van der Waals surface area contributed by atoms with Gasteiger partial charge in [-0.1, -0.05) is 31.7 Å². The largest absolute Gasteiger partial charge is 0.493 e. The van der Waals surface area contributed by atoms with Gasteiger partial charge in [0.25, 0.3) is 0 Å². The zero-order valence-electron chi connectivity index (χ0n) is 20.8. The molecule has 2 unspecified atom stereocenters. The van der Waals surface area contributed by atoms with E-state index in [-0.39, 0.29) is 11.7 Å². The number of nitrogens with zero attached hydrogens (tertiary/aromatic N) is 1. The molecular weight excluding hydrogens is 430 g/mol. The minimum atomic E-state index is -0.780. The molecule has 1 aromatic rings. The fraction of sp³-hybridized carbons (Fsp3) is 0.464. The first kappa shape index (κ1) is 27.1. The highest BCUT2D eigenvalue weighted by atomic mass is 16.5. The average Bonchev–Trinajstić information content (AvgIpc) is 3.21. The number of aliphatic imine (C=N–C) groups is 1. The van der Waals surface area contributed by atoms with Gasteiger partial charge in [-0.2, -0.15) is 0 Å². The summed E-state index contributed by atoms with van der Waals surface area (Å²) in [5, 5.41) is 9.60. The second-order valence-corrected chi connectivity index (χ2v) is 8.26. The Hall–Kier alpha value is -3.15. The Morgan fingerprint density at radius 1 is 1.32 bits per heavy atom. The first-order valence-electron chi connectivity index (χ1n) is 12.0. The fourth-order valence-electron chi connectivity index (χ4n) is 4.36. The SMILES string of the molecule is C=C/C=C\C(=C/C)C(=NCCCOc1cc2c(cc1C(C)=O)C(C(CC)C(=O)O)CC2)OCC. The lowest BCUT2D eigenvalue weighted by Gasteiger charge is -2.20. The van der Waals surface area contributed by atoms with Crippen LogP contribution in [0.2, 0.25) is 0 Å². The number of aliphatic carboxylic acids is 1. The summed E-state index contributed by atoms with van der Waals surface area (Å²) >= 11 is 0. The number of fused-ring (bicyclic) bond motifs is 1. The molecular formula is C28H37NO5. The highest BCUT2D eigenvalue weighted by molar-refractivity contribution is 5.97. The Morgan fingerprint density at radius 3 is 2.68 bits per heavy atom. The number of Topliss-reactive ketones (excluding diaryl/α,β-unsaturated/α-hetero) is 1. The molecule has 0 saturated carbocycles. The molecule has 1 aliphatic carbocycles. The van der Waals surface area contributed by atoms with Crippen molar-refractivity contribution in [2.24, 2.45) is 10.9 Å². The lowest BCUT2D eigenvalue weighted by Crippen LogP contribution is -2.20. The maximum atomic E-state index is 12.3. The summed E-state index contributed by atoms with van der Waals surface area (Å²) in [5.41, 5.74) is 3.45. The van der Waals surface area contributed by atoms with Gasteiger partial charge in [-0.25, -0.2) is 0 Å². The van der Waals surface area contributed by atoms with Crippen molar-refractivity contribution in [1.82, 2.24) is 0 Å². The van der Waals surface area contributed by atoms with Gasteiger partial charge >= 0.3 is 5.97 Å². The molecule has 2 rings (SSSR count). The van der Waals surface area contributed by atoms with Gasteiger partial charge in [-0.15, -0.1) is 0 Å². The molecule has 1 aliphatic rings. The van der Waals surface area contributed by atoms with Crippen LogP contribution in [0.3, 0.4) is 0 Å². The van der Waals surface area contributed by atoms with E-state index in [1.54, 1.807) is 6.08 Å². The highest BCUT2D eigenvalue weighted by Crippen LogP contribution is 2.42. The van der Waals surface area contributed by atoms with E-state index >= 15 is 0 Å². The van der Waals surface area contributed by atoms with E-state index in [2.05, 4.69) is 11.6 Å². The van der Waals surface area contributed by atoms with Gasteiger partial charge < -0.3 is 14.6 Å². The van der Waals surface area contributed by atoms with Crippen LogP contribution >= 0.6 is 0 Å². The van der Waals surface area contributed by atoms with Crippen LogP contribution in [-0.4, -0.2) is 42.5 Å². The third kappa shape index (κ3) is 6.92. The van der Waals surface area contributed by atoms with Gasteiger partial charge in [0.2, 0.25) is 5.90 Å². The van der Waals surface area contributed by atoms with Crippen molar-refractivity contribution in [2.45, 2.75) is 59.3 Å². The molecule has 34 heavy (non-hydrogen) atoms. The molecule has 1 N–H and O–H groups in total. The quantitative estimate of drug-likeness (QED) is 0.128. The predicted molar refractivity (Wildman–Crippen MR) is 136 cm³/mol. The van der Waals surface area contributed by atoms with Gasteiger partial charge in [-0.3, -0.25) is 14.6 Å². The van der Waals surface area contributed by atoms with Crippen LogP contribution in [0.15, 0.2) is 53.6 Å².